The summed E-state index contributed by atoms with van der Waals surface area (Å²) in [5, 5.41) is 4.41. The summed E-state index contributed by atoms with van der Waals surface area (Å²) in [5.41, 5.74) is 4.99. The van der Waals surface area contributed by atoms with Crippen LogP contribution >= 0.6 is 23.2 Å². The molecule has 1 aromatic heterocycles. The van der Waals surface area contributed by atoms with Gasteiger partial charge in [-0.3, -0.25) is 4.79 Å². The van der Waals surface area contributed by atoms with E-state index in [1.54, 1.807) is 6.07 Å². The second-order valence-electron chi connectivity index (χ2n) is 8.96. The van der Waals surface area contributed by atoms with Gasteiger partial charge in [-0.05, 0) is 73.7 Å². The number of amides is 1. The van der Waals surface area contributed by atoms with Crippen LogP contribution in [0.4, 0.5) is 0 Å². The summed E-state index contributed by atoms with van der Waals surface area (Å²) in [5.74, 6) is 1.84. The van der Waals surface area contributed by atoms with E-state index < -0.39 is 0 Å². The minimum atomic E-state index is -0.0265. The standard InChI is InChI=1S/C29H31Cl2N3O2/c1-20-17-23(18-21(2)29(20)31)36-16-8-15-34-26-12-6-5-11-25(26)33-27(34)13-7-14-32-28(35)19-22-9-3-4-10-24(22)30/h3-6,9-12,17-18H,7-8,13-16,19H2,1-2H3,(H,32,35). The minimum absolute atomic E-state index is 0.0265. The van der Waals surface area contributed by atoms with Crippen molar-refractivity contribution in [3.8, 4) is 5.75 Å². The number of halogens is 2. The Morgan fingerprint density at radius 2 is 1.72 bits per heavy atom. The number of nitrogens with one attached hydrogen (secondary N) is 1. The zero-order valence-corrected chi connectivity index (χ0v) is 22.2. The summed E-state index contributed by atoms with van der Waals surface area (Å²) in [4.78, 5) is 17.2. The molecular weight excluding hydrogens is 493 g/mol. The molecule has 4 rings (SSSR count). The topological polar surface area (TPSA) is 56.1 Å². The van der Waals surface area contributed by atoms with E-state index in [0.29, 0.717) is 18.2 Å². The normalized spacial score (nSPS) is 11.1. The SMILES string of the molecule is Cc1cc(OCCCn2c(CCCNC(=O)Cc3ccccc3Cl)nc3ccccc32)cc(C)c1Cl. The summed E-state index contributed by atoms with van der Waals surface area (Å²) < 4.78 is 8.27. The number of hydrogen-bond donors (Lipinski definition) is 1. The predicted molar refractivity (Wildman–Crippen MR) is 147 cm³/mol. The van der Waals surface area contributed by atoms with Crippen LogP contribution in [0.2, 0.25) is 10.0 Å². The lowest BCUT2D eigenvalue weighted by atomic mass is 10.1. The van der Waals surface area contributed by atoms with Crippen LogP contribution < -0.4 is 10.1 Å². The van der Waals surface area contributed by atoms with Gasteiger partial charge in [-0.15, -0.1) is 0 Å². The molecule has 36 heavy (non-hydrogen) atoms. The molecule has 5 nitrogen and oxygen atoms in total. The summed E-state index contributed by atoms with van der Waals surface area (Å²) in [7, 11) is 0. The van der Waals surface area contributed by atoms with Gasteiger partial charge in [0.25, 0.3) is 0 Å². The third kappa shape index (κ3) is 6.59. The van der Waals surface area contributed by atoms with Crippen molar-refractivity contribution < 1.29 is 9.53 Å². The summed E-state index contributed by atoms with van der Waals surface area (Å²) in [6.07, 6.45) is 2.71. The number of imidazole rings is 1. The van der Waals surface area contributed by atoms with Crippen molar-refractivity contribution in [3.05, 3.63) is 93.2 Å². The lowest BCUT2D eigenvalue weighted by Crippen LogP contribution is -2.26. The fraction of sp³-hybridized carbons (Fsp3) is 0.310. The van der Waals surface area contributed by atoms with E-state index in [1.165, 1.54) is 0 Å². The van der Waals surface area contributed by atoms with Crippen LogP contribution in [0.3, 0.4) is 0 Å². The van der Waals surface area contributed by atoms with Gasteiger partial charge in [0.15, 0.2) is 0 Å². The fourth-order valence-corrected chi connectivity index (χ4v) is 4.63. The lowest BCUT2D eigenvalue weighted by molar-refractivity contribution is -0.120. The number of fused-ring (bicyclic) bond motifs is 1. The number of ether oxygens (including phenoxy) is 1. The first-order chi connectivity index (χ1) is 17.4. The van der Waals surface area contributed by atoms with Gasteiger partial charge in [0, 0.05) is 29.6 Å². The number of para-hydroxylation sites is 2. The van der Waals surface area contributed by atoms with Crippen LogP contribution in [0, 0.1) is 13.8 Å². The van der Waals surface area contributed by atoms with Crippen molar-refractivity contribution in [2.24, 2.45) is 0 Å². The van der Waals surface area contributed by atoms with Crippen LogP contribution in [0.1, 0.15) is 35.4 Å². The Morgan fingerprint density at radius 3 is 2.50 bits per heavy atom. The quantitative estimate of drug-likeness (QED) is 0.222. The number of carbonyl (C=O) groups excluding carboxylic acids is 1. The molecule has 0 spiro atoms. The van der Waals surface area contributed by atoms with Crippen LogP contribution in [0.5, 0.6) is 5.75 Å². The van der Waals surface area contributed by atoms with Crippen LogP contribution in [-0.2, 0) is 24.2 Å². The molecule has 0 aliphatic carbocycles. The summed E-state index contributed by atoms with van der Waals surface area (Å²) >= 11 is 12.4. The first kappa shape index (κ1) is 26.1. The predicted octanol–water partition coefficient (Wildman–Crippen LogP) is 6.72. The maximum Gasteiger partial charge on any atom is 0.224 e. The van der Waals surface area contributed by atoms with Crippen molar-refractivity contribution >= 4 is 40.1 Å². The van der Waals surface area contributed by atoms with E-state index in [0.717, 1.165) is 70.1 Å². The first-order valence-electron chi connectivity index (χ1n) is 12.3. The number of carbonyl (C=O) groups is 1. The first-order valence-corrected chi connectivity index (χ1v) is 13.0. The van der Waals surface area contributed by atoms with Crippen LogP contribution in [0.25, 0.3) is 11.0 Å². The molecule has 0 aliphatic rings. The largest absolute Gasteiger partial charge is 0.494 e. The number of benzene rings is 3. The molecule has 0 atom stereocenters. The van der Waals surface area contributed by atoms with Gasteiger partial charge in [0.05, 0.1) is 24.1 Å². The maximum atomic E-state index is 12.3. The highest BCUT2D eigenvalue weighted by molar-refractivity contribution is 6.32. The van der Waals surface area contributed by atoms with Gasteiger partial charge >= 0.3 is 0 Å². The molecule has 0 bridgehead atoms. The van der Waals surface area contributed by atoms with Gasteiger partial charge in [0.2, 0.25) is 5.91 Å². The Balaban J connectivity index is 1.31. The molecule has 0 radical (unpaired) electrons. The van der Waals surface area contributed by atoms with E-state index in [2.05, 4.69) is 16.0 Å². The molecule has 188 valence electrons. The number of hydrogen-bond acceptors (Lipinski definition) is 3. The summed E-state index contributed by atoms with van der Waals surface area (Å²) in [6.45, 7) is 5.98. The van der Waals surface area contributed by atoms with Crippen molar-refractivity contribution in [3.63, 3.8) is 0 Å². The Bertz CT molecular complexity index is 1330. The van der Waals surface area contributed by atoms with Crippen molar-refractivity contribution in [1.82, 2.24) is 14.9 Å². The van der Waals surface area contributed by atoms with Crippen molar-refractivity contribution in [2.45, 2.75) is 46.1 Å². The van der Waals surface area contributed by atoms with Gasteiger partial charge < -0.3 is 14.6 Å². The molecule has 3 aromatic carbocycles. The highest BCUT2D eigenvalue weighted by atomic mass is 35.5. The average molecular weight is 524 g/mol. The third-order valence-corrected chi connectivity index (χ3v) is 7.11. The molecule has 0 aliphatic heterocycles. The molecule has 0 unspecified atom stereocenters. The Morgan fingerprint density at radius 1 is 1.00 bits per heavy atom. The number of aryl methyl sites for hydroxylation is 4. The zero-order valence-electron chi connectivity index (χ0n) is 20.7. The lowest BCUT2D eigenvalue weighted by Gasteiger charge is -2.12. The molecule has 0 saturated carbocycles. The molecule has 7 heteroatoms. The number of rotatable bonds is 11. The Kier molecular flexibility index (Phi) is 8.89. The Labute approximate surface area is 222 Å². The third-order valence-electron chi connectivity index (χ3n) is 6.15. The molecule has 1 amide bonds. The average Bonchev–Trinajstić information content (AvgIpc) is 3.21. The second kappa shape index (κ2) is 12.3. The van der Waals surface area contributed by atoms with Crippen molar-refractivity contribution in [2.75, 3.05) is 13.2 Å². The highest BCUT2D eigenvalue weighted by Crippen LogP contribution is 2.26. The van der Waals surface area contributed by atoms with Gasteiger partial charge in [-0.25, -0.2) is 4.98 Å². The molecular formula is C29H31Cl2N3O2. The monoisotopic (exact) mass is 523 g/mol. The second-order valence-corrected chi connectivity index (χ2v) is 9.75. The molecule has 1 heterocycles. The fourth-order valence-electron chi connectivity index (χ4n) is 4.32. The van der Waals surface area contributed by atoms with E-state index in [-0.39, 0.29) is 12.3 Å². The van der Waals surface area contributed by atoms with Crippen molar-refractivity contribution in [1.29, 1.82) is 0 Å². The maximum absolute atomic E-state index is 12.3. The number of aromatic nitrogens is 2. The molecule has 0 fully saturated rings. The van der Waals surface area contributed by atoms with E-state index in [9.17, 15) is 4.79 Å². The van der Waals surface area contributed by atoms with Gasteiger partial charge in [-0.1, -0.05) is 53.5 Å². The van der Waals surface area contributed by atoms with E-state index in [4.69, 9.17) is 32.9 Å². The van der Waals surface area contributed by atoms with Gasteiger partial charge in [0.1, 0.15) is 11.6 Å². The zero-order chi connectivity index (χ0) is 25.5. The Hall–Kier alpha value is -3.02. The van der Waals surface area contributed by atoms with E-state index >= 15 is 0 Å². The molecule has 1 N–H and O–H groups in total. The van der Waals surface area contributed by atoms with Gasteiger partial charge in [-0.2, -0.15) is 0 Å². The molecule has 0 saturated heterocycles. The van der Waals surface area contributed by atoms with Crippen LogP contribution in [0.15, 0.2) is 60.7 Å². The van der Waals surface area contributed by atoms with E-state index in [1.807, 2.05) is 62.4 Å². The summed E-state index contributed by atoms with van der Waals surface area (Å²) in [6, 6.07) is 19.6. The minimum Gasteiger partial charge on any atom is -0.494 e. The molecule has 4 aromatic rings. The highest BCUT2D eigenvalue weighted by Gasteiger charge is 2.11. The van der Waals surface area contributed by atoms with Crippen LogP contribution in [-0.4, -0.2) is 28.6 Å². The number of nitrogens with zero attached hydrogens (tertiary/aromatic N) is 2. The smallest absolute Gasteiger partial charge is 0.224 e.